The van der Waals surface area contributed by atoms with Gasteiger partial charge in [-0.3, -0.25) is 9.59 Å². The first-order chi connectivity index (χ1) is 11.0. The van der Waals surface area contributed by atoms with Crippen molar-refractivity contribution >= 4 is 35.3 Å². The molecule has 0 atom stereocenters. The van der Waals surface area contributed by atoms with Gasteiger partial charge in [0.1, 0.15) is 11.5 Å². The quantitative estimate of drug-likeness (QED) is 0.390. The molecule has 0 unspecified atom stereocenters. The van der Waals surface area contributed by atoms with Crippen LogP contribution < -0.4 is 10.7 Å². The van der Waals surface area contributed by atoms with Crippen LogP contribution in [0.2, 0.25) is 5.02 Å². The van der Waals surface area contributed by atoms with E-state index in [1.165, 1.54) is 12.1 Å². The van der Waals surface area contributed by atoms with Gasteiger partial charge in [0.2, 0.25) is 0 Å². The van der Waals surface area contributed by atoms with Gasteiger partial charge in [-0.05, 0) is 24.3 Å². The Bertz CT molecular complexity index is 777. The molecular formula is C15H12ClN3O4. The number of carbonyl (C=O) groups excluding carboxylic acids is 2. The summed E-state index contributed by atoms with van der Waals surface area (Å²) in [6.45, 7) is 0. The Morgan fingerprint density at radius 3 is 2.52 bits per heavy atom. The number of amides is 2. The minimum atomic E-state index is -1.00. The average molecular weight is 334 g/mol. The maximum atomic E-state index is 11.7. The summed E-state index contributed by atoms with van der Waals surface area (Å²) in [5, 5.41) is 24.9. The van der Waals surface area contributed by atoms with Crippen LogP contribution in [-0.4, -0.2) is 28.2 Å². The highest BCUT2D eigenvalue weighted by atomic mass is 35.5. The molecule has 0 bridgehead atoms. The van der Waals surface area contributed by atoms with Gasteiger partial charge in [-0.25, -0.2) is 5.43 Å². The Morgan fingerprint density at radius 1 is 1.09 bits per heavy atom. The highest BCUT2D eigenvalue weighted by molar-refractivity contribution is 6.41. The zero-order valence-electron chi connectivity index (χ0n) is 11.7. The first-order valence-electron chi connectivity index (χ1n) is 6.38. The zero-order valence-corrected chi connectivity index (χ0v) is 12.4. The van der Waals surface area contributed by atoms with Crippen LogP contribution in [0.1, 0.15) is 5.56 Å². The molecule has 0 spiro atoms. The predicted octanol–water partition coefficient (Wildman–Crippen LogP) is 1.84. The first kappa shape index (κ1) is 16.3. The van der Waals surface area contributed by atoms with Crippen molar-refractivity contribution in [3.05, 3.63) is 53.1 Å². The van der Waals surface area contributed by atoms with E-state index in [2.05, 4.69) is 10.4 Å². The molecule has 0 saturated carbocycles. The molecule has 8 heteroatoms. The number of carbonyl (C=O) groups is 2. The summed E-state index contributed by atoms with van der Waals surface area (Å²) < 4.78 is 0. The lowest BCUT2D eigenvalue weighted by Crippen LogP contribution is -2.32. The summed E-state index contributed by atoms with van der Waals surface area (Å²) in [6.07, 6.45) is 1.13. The molecule has 0 aliphatic carbocycles. The number of nitrogens with one attached hydrogen (secondary N) is 2. The monoisotopic (exact) mass is 333 g/mol. The lowest BCUT2D eigenvalue weighted by Gasteiger charge is -2.05. The molecule has 7 nitrogen and oxygen atoms in total. The van der Waals surface area contributed by atoms with Crippen molar-refractivity contribution in [1.82, 2.24) is 5.43 Å². The van der Waals surface area contributed by atoms with Gasteiger partial charge in [0.15, 0.2) is 0 Å². The Morgan fingerprint density at radius 2 is 1.83 bits per heavy atom. The van der Waals surface area contributed by atoms with Gasteiger partial charge < -0.3 is 15.5 Å². The first-order valence-corrected chi connectivity index (χ1v) is 6.76. The van der Waals surface area contributed by atoms with Gasteiger partial charge in [-0.2, -0.15) is 5.10 Å². The standard InChI is InChI=1S/C15H12ClN3O4/c16-11-3-1-2-4-12(11)18-14(22)15(23)19-17-8-9-5-6-10(20)7-13(9)21/h1-8,20-21H,(H,18,22)(H,19,23)/b17-8+. The highest BCUT2D eigenvalue weighted by Gasteiger charge is 2.14. The second kappa shape index (κ2) is 7.28. The average Bonchev–Trinajstić information content (AvgIpc) is 2.51. The van der Waals surface area contributed by atoms with Crippen LogP contribution in [-0.2, 0) is 9.59 Å². The molecule has 0 heterocycles. The molecular weight excluding hydrogens is 322 g/mol. The molecule has 2 amide bonds. The molecule has 0 saturated heterocycles. The van der Waals surface area contributed by atoms with Crippen molar-refractivity contribution in [2.75, 3.05) is 5.32 Å². The van der Waals surface area contributed by atoms with E-state index in [-0.39, 0.29) is 17.1 Å². The van der Waals surface area contributed by atoms with Crippen LogP contribution in [0.4, 0.5) is 5.69 Å². The summed E-state index contributed by atoms with van der Waals surface area (Å²) in [5.74, 6) is -2.27. The topological polar surface area (TPSA) is 111 Å². The van der Waals surface area contributed by atoms with Gasteiger partial charge >= 0.3 is 11.8 Å². The Hall–Kier alpha value is -3.06. The third-order valence-electron chi connectivity index (χ3n) is 2.71. The second-order valence-corrected chi connectivity index (χ2v) is 4.78. The number of halogens is 1. The van der Waals surface area contributed by atoms with Crippen LogP contribution in [0.25, 0.3) is 0 Å². The number of nitrogens with zero attached hydrogens (tertiary/aromatic N) is 1. The third-order valence-corrected chi connectivity index (χ3v) is 3.04. The normalized spacial score (nSPS) is 10.5. The summed E-state index contributed by atoms with van der Waals surface area (Å²) in [5.41, 5.74) is 2.57. The molecule has 23 heavy (non-hydrogen) atoms. The van der Waals surface area contributed by atoms with Gasteiger partial charge in [0.25, 0.3) is 0 Å². The maximum Gasteiger partial charge on any atom is 0.329 e. The minimum Gasteiger partial charge on any atom is -0.508 e. The van der Waals surface area contributed by atoms with E-state index in [0.717, 1.165) is 12.3 Å². The van der Waals surface area contributed by atoms with Crippen LogP contribution in [0.5, 0.6) is 11.5 Å². The smallest absolute Gasteiger partial charge is 0.329 e. The van der Waals surface area contributed by atoms with E-state index in [0.29, 0.717) is 10.7 Å². The molecule has 0 fully saturated rings. The van der Waals surface area contributed by atoms with Crippen molar-refractivity contribution in [2.45, 2.75) is 0 Å². The van der Waals surface area contributed by atoms with Gasteiger partial charge in [-0.15, -0.1) is 0 Å². The number of hydrazone groups is 1. The van der Waals surface area contributed by atoms with Crippen molar-refractivity contribution in [1.29, 1.82) is 0 Å². The number of rotatable bonds is 3. The molecule has 4 N–H and O–H groups in total. The largest absolute Gasteiger partial charge is 0.508 e. The lowest BCUT2D eigenvalue weighted by atomic mass is 10.2. The Balaban J connectivity index is 1.95. The number of aromatic hydroxyl groups is 2. The van der Waals surface area contributed by atoms with Gasteiger partial charge in [-0.1, -0.05) is 23.7 Å². The minimum absolute atomic E-state index is 0.109. The van der Waals surface area contributed by atoms with Crippen LogP contribution >= 0.6 is 11.6 Å². The predicted molar refractivity (Wildman–Crippen MR) is 85.6 cm³/mol. The van der Waals surface area contributed by atoms with Crippen molar-refractivity contribution in [2.24, 2.45) is 5.10 Å². The number of phenolic OH excluding ortho intramolecular Hbond substituents is 2. The van der Waals surface area contributed by atoms with E-state index in [1.54, 1.807) is 24.3 Å². The molecule has 2 aromatic rings. The molecule has 0 aliphatic rings. The third kappa shape index (κ3) is 4.45. The molecule has 2 aromatic carbocycles. The Kier molecular flexibility index (Phi) is 5.16. The lowest BCUT2D eigenvalue weighted by molar-refractivity contribution is -0.136. The molecule has 118 valence electrons. The van der Waals surface area contributed by atoms with E-state index >= 15 is 0 Å². The maximum absolute atomic E-state index is 11.7. The summed E-state index contributed by atoms with van der Waals surface area (Å²) in [6, 6.07) is 10.3. The molecule has 2 rings (SSSR count). The molecule has 0 aliphatic heterocycles. The second-order valence-electron chi connectivity index (χ2n) is 4.38. The summed E-state index contributed by atoms with van der Waals surface area (Å²) in [4.78, 5) is 23.3. The molecule has 0 aromatic heterocycles. The van der Waals surface area contributed by atoms with E-state index in [1.807, 2.05) is 5.43 Å². The summed E-state index contributed by atoms with van der Waals surface area (Å²) >= 11 is 5.86. The van der Waals surface area contributed by atoms with Crippen LogP contribution in [0.3, 0.4) is 0 Å². The van der Waals surface area contributed by atoms with E-state index in [9.17, 15) is 14.7 Å². The van der Waals surface area contributed by atoms with Crippen molar-refractivity contribution in [3.8, 4) is 11.5 Å². The van der Waals surface area contributed by atoms with Gasteiger partial charge in [0.05, 0.1) is 16.9 Å². The SMILES string of the molecule is O=C(N/N=C/c1ccc(O)cc1O)C(=O)Nc1ccccc1Cl. The van der Waals surface area contributed by atoms with E-state index in [4.69, 9.17) is 16.7 Å². The number of phenols is 2. The fraction of sp³-hybridized carbons (Fsp3) is 0. The van der Waals surface area contributed by atoms with Crippen LogP contribution in [0, 0.1) is 0 Å². The summed E-state index contributed by atoms with van der Waals surface area (Å²) in [7, 11) is 0. The van der Waals surface area contributed by atoms with Crippen molar-refractivity contribution in [3.63, 3.8) is 0 Å². The Labute approximate surface area is 136 Å². The van der Waals surface area contributed by atoms with Crippen LogP contribution in [0.15, 0.2) is 47.6 Å². The number of benzene rings is 2. The van der Waals surface area contributed by atoms with Crippen molar-refractivity contribution < 1.29 is 19.8 Å². The number of anilines is 1. The van der Waals surface area contributed by atoms with E-state index < -0.39 is 11.8 Å². The molecule has 0 radical (unpaired) electrons. The highest BCUT2D eigenvalue weighted by Crippen LogP contribution is 2.21. The fourth-order valence-electron chi connectivity index (χ4n) is 1.59. The zero-order chi connectivity index (χ0) is 16.8. The fourth-order valence-corrected chi connectivity index (χ4v) is 1.78. The van der Waals surface area contributed by atoms with Gasteiger partial charge in [0, 0.05) is 11.6 Å². The number of para-hydroxylation sites is 1. The number of hydrogen-bond acceptors (Lipinski definition) is 5. The number of hydrogen-bond donors (Lipinski definition) is 4.